The predicted octanol–water partition coefficient (Wildman–Crippen LogP) is 3.38. The summed E-state index contributed by atoms with van der Waals surface area (Å²) in [4.78, 5) is 16.1. The van der Waals surface area contributed by atoms with Gasteiger partial charge in [-0.15, -0.1) is 0 Å². The lowest BCUT2D eigenvalue weighted by molar-refractivity contribution is -0.151. The molecule has 1 heterocycles. The smallest absolute Gasteiger partial charge is 0.311 e. The monoisotopic (exact) mass is 287 g/mol. The average molecular weight is 287 g/mol. The van der Waals surface area contributed by atoms with Crippen molar-refractivity contribution >= 4 is 16.9 Å². The van der Waals surface area contributed by atoms with E-state index in [1.54, 1.807) is 13.3 Å². The first-order valence-electron chi connectivity index (χ1n) is 6.98. The number of methoxy groups -OCH3 is 2. The molecule has 21 heavy (non-hydrogen) atoms. The Bertz CT molecular complexity index is 650. The predicted molar refractivity (Wildman–Crippen MR) is 82.4 cm³/mol. The Morgan fingerprint density at radius 1 is 1.24 bits per heavy atom. The van der Waals surface area contributed by atoms with E-state index in [9.17, 15) is 4.79 Å². The van der Waals surface area contributed by atoms with E-state index in [1.165, 1.54) is 12.7 Å². The minimum absolute atomic E-state index is 0.178. The van der Waals surface area contributed by atoms with Crippen LogP contribution >= 0.6 is 0 Å². The summed E-state index contributed by atoms with van der Waals surface area (Å²) in [5, 5.41) is 1.10. The maximum absolute atomic E-state index is 11.8. The summed E-state index contributed by atoms with van der Waals surface area (Å²) >= 11 is 0. The molecule has 112 valence electrons. The Balaban J connectivity index is 2.25. The van der Waals surface area contributed by atoms with E-state index < -0.39 is 5.41 Å². The molecule has 0 aliphatic heterocycles. The highest BCUT2D eigenvalue weighted by Crippen LogP contribution is 2.28. The maximum Gasteiger partial charge on any atom is 0.311 e. The molecule has 0 saturated heterocycles. The Hall–Kier alpha value is -2.10. The molecule has 0 spiro atoms. The molecular weight excluding hydrogens is 266 g/mol. The molecule has 2 rings (SSSR count). The number of carbonyl (C=O) groups excluding carboxylic acids is 1. The maximum atomic E-state index is 11.8. The van der Waals surface area contributed by atoms with Crippen LogP contribution in [0.15, 0.2) is 30.5 Å². The quantitative estimate of drug-likeness (QED) is 0.791. The molecular formula is C17H21NO3. The summed E-state index contributed by atoms with van der Waals surface area (Å²) in [6.07, 6.45) is 3.32. The lowest BCUT2D eigenvalue weighted by Crippen LogP contribution is -2.26. The highest BCUT2D eigenvalue weighted by molar-refractivity contribution is 5.83. The largest absolute Gasteiger partial charge is 0.497 e. The fourth-order valence-electron chi connectivity index (χ4n) is 2.36. The van der Waals surface area contributed by atoms with Crippen molar-refractivity contribution in [1.29, 1.82) is 0 Å². The fraction of sp³-hybridized carbons (Fsp3) is 0.412. The molecule has 1 aromatic carbocycles. The summed E-state index contributed by atoms with van der Waals surface area (Å²) < 4.78 is 10.1. The minimum atomic E-state index is -0.489. The number of benzene rings is 1. The second-order valence-corrected chi connectivity index (χ2v) is 5.73. The van der Waals surface area contributed by atoms with E-state index in [1.807, 2.05) is 38.1 Å². The molecule has 0 aliphatic carbocycles. The van der Waals surface area contributed by atoms with Gasteiger partial charge in [0.25, 0.3) is 0 Å². The first-order chi connectivity index (χ1) is 9.97. The second-order valence-electron chi connectivity index (χ2n) is 5.73. The van der Waals surface area contributed by atoms with Crippen molar-refractivity contribution < 1.29 is 14.3 Å². The van der Waals surface area contributed by atoms with Crippen LogP contribution in [-0.2, 0) is 16.0 Å². The lowest BCUT2D eigenvalue weighted by Gasteiger charge is -2.21. The number of pyridine rings is 1. The van der Waals surface area contributed by atoms with E-state index in [0.717, 1.165) is 29.5 Å². The Morgan fingerprint density at radius 2 is 2.00 bits per heavy atom. The van der Waals surface area contributed by atoms with Crippen LogP contribution in [0.4, 0.5) is 0 Å². The number of carbonyl (C=O) groups is 1. The van der Waals surface area contributed by atoms with E-state index in [-0.39, 0.29) is 5.97 Å². The van der Waals surface area contributed by atoms with Gasteiger partial charge in [-0.05, 0) is 50.5 Å². The fourth-order valence-corrected chi connectivity index (χ4v) is 2.36. The van der Waals surface area contributed by atoms with Gasteiger partial charge in [-0.2, -0.15) is 0 Å². The third-order valence-electron chi connectivity index (χ3n) is 3.80. The first-order valence-corrected chi connectivity index (χ1v) is 6.98. The molecule has 0 amide bonds. The normalized spacial score (nSPS) is 11.4. The van der Waals surface area contributed by atoms with Gasteiger partial charge in [-0.1, -0.05) is 0 Å². The van der Waals surface area contributed by atoms with Gasteiger partial charge in [-0.25, -0.2) is 0 Å². The molecule has 2 aromatic rings. The van der Waals surface area contributed by atoms with Gasteiger partial charge in [0, 0.05) is 17.6 Å². The molecule has 1 aromatic heterocycles. The van der Waals surface area contributed by atoms with E-state index in [4.69, 9.17) is 9.47 Å². The summed E-state index contributed by atoms with van der Waals surface area (Å²) in [5.74, 6) is 0.615. The standard InChI is InChI=1S/C17H21NO3/c1-17(2,16(19)21-4)9-7-12-8-10-18-15-11-13(20-3)5-6-14(12)15/h5-6,8,10-11H,7,9H2,1-4H3. The van der Waals surface area contributed by atoms with Crippen LogP contribution in [0.5, 0.6) is 5.75 Å². The number of rotatable bonds is 5. The Kier molecular flexibility index (Phi) is 4.46. The van der Waals surface area contributed by atoms with Crippen molar-refractivity contribution in [3.05, 3.63) is 36.0 Å². The molecule has 0 aliphatic rings. The van der Waals surface area contributed by atoms with Crippen molar-refractivity contribution in [1.82, 2.24) is 4.98 Å². The van der Waals surface area contributed by atoms with Gasteiger partial charge in [-0.3, -0.25) is 9.78 Å². The van der Waals surface area contributed by atoms with Crippen molar-refractivity contribution in [3.63, 3.8) is 0 Å². The number of hydrogen-bond acceptors (Lipinski definition) is 4. The van der Waals surface area contributed by atoms with E-state index in [2.05, 4.69) is 4.98 Å². The van der Waals surface area contributed by atoms with Crippen LogP contribution < -0.4 is 4.74 Å². The Labute approximate surface area is 125 Å². The second kappa shape index (κ2) is 6.12. The van der Waals surface area contributed by atoms with Crippen LogP contribution in [0.1, 0.15) is 25.8 Å². The number of hydrogen-bond donors (Lipinski definition) is 0. The molecule has 0 unspecified atom stereocenters. The summed E-state index contributed by atoms with van der Waals surface area (Å²) in [6, 6.07) is 7.87. The van der Waals surface area contributed by atoms with Gasteiger partial charge >= 0.3 is 5.97 Å². The van der Waals surface area contributed by atoms with Crippen LogP contribution in [0, 0.1) is 5.41 Å². The van der Waals surface area contributed by atoms with Gasteiger partial charge in [0.1, 0.15) is 5.75 Å². The molecule has 0 fully saturated rings. The van der Waals surface area contributed by atoms with Gasteiger partial charge in [0.05, 0.1) is 25.2 Å². The van der Waals surface area contributed by atoms with Crippen molar-refractivity contribution in [3.8, 4) is 5.75 Å². The highest BCUT2D eigenvalue weighted by atomic mass is 16.5. The van der Waals surface area contributed by atoms with Gasteiger partial charge in [0.2, 0.25) is 0 Å². The topological polar surface area (TPSA) is 48.4 Å². The Morgan fingerprint density at radius 3 is 2.67 bits per heavy atom. The van der Waals surface area contributed by atoms with Crippen LogP contribution in [-0.4, -0.2) is 25.2 Å². The minimum Gasteiger partial charge on any atom is -0.497 e. The summed E-state index contributed by atoms with van der Waals surface area (Å²) in [5.41, 5.74) is 1.60. The number of ether oxygens (including phenoxy) is 2. The first kappa shape index (κ1) is 15.3. The van der Waals surface area contributed by atoms with Crippen LogP contribution in [0.2, 0.25) is 0 Å². The lowest BCUT2D eigenvalue weighted by atomic mass is 9.86. The molecule has 0 bridgehead atoms. The summed E-state index contributed by atoms with van der Waals surface area (Å²) in [7, 11) is 3.07. The average Bonchev–Trinajstić information content (AvgIpc) is 2.51. The molecule has 4 nitrogen and oxygen atoms in total. The van der Waals surface area contributed by atoms with Crippen LogP contribution in [0.25, 0.3) is 10.9 Å². The molecule has 0 atom stereocenters. The third kappa shape index (κ3) is 3.32. The number of aromatic nitrogens is 1. The zero-order valence-corrected chi connectivity index (χ0v) is 13.0. The van der Waals surface area contributed by atoms with Gasteiger partial charge in [0.15, 0.2) is 0 Å². The number of fused-ring (bicyclic) bond motifs is 1. The van der Waals surface area contributed by atoms with Crippen molar-refractivity contribution in [2.24, 2.45) is 5.41 Å². The van der Waals surface area contributed by atoms with Crippen molar-refractivity contribution in [2.75, 3.05) is 14.2 Å². The number of aryl methyl sites for hydroxylation is 1. The zero-order valence-electron chi connectivity index (χ0n) is 13.0. The third-order valence-corrected chi connectivity index (χ3v) is 3.80. The zero-order chi connectivity index (χ0) is 15.5. The summed E-state index contributed by atoms with van der Waals surface area (Å²) in [6.45, 7) is 3.82. The molecule has 0 radical (unpaired) electrons. The van der Waals surface area contributed by atoms with Crippen LogP contribution in [0.3, 0.4) is 0 Å². The van der Waals surface area contributed by atoms with E-state index in [0.29, 0.717) is 0 Å². The van der Waals surface area contributed by atoms with Crippen molar-refractivity contribution in [2.45, 2.75) is 26.7 Å². The number of nitrogens with zero attached hydrogens (tertiary/aromatic N) is 1. The molecule has 0 N–H and O–H groups in total. The highest BCUT2D eigenvalue weighted by Gasteiger charge is 2.28. The number of esters is 1. The van der Waals surface area contributed by atoms with Gasteiger partial charge < -0.3 is 9.47 Å². The molecule has 4 heteroatoms. The molecule has 0 saturated carbocycles. The van der Waals surface area contributed by atoms with E-state index >= 15 is 0 Å². The SMILES string of the molecule is COC(=O)C(C)(C)CCc1ccnc2cc(OC)ccc12.